The Labute approximate surface area is 217 Å². The van der Waals surface area contributed by atoms with Crippen molar-refractivity contribution in [1.29, 1.82) is 0 Å². The van der Waals surface area contributed by atoms with Gasteiger partial charge in [-0.15, -0.1) is 0 Å². The fourth-order valence-electron chi connectivity index (χ4n) is 4.60. The van der Waals surface area contributed by atoms with Crippen molar-refractivity contribution < 1.29 is 9.59 Å². The minimum Gasteiger partial charge on any atom is -0.338 e. The van der Waals surface area contributed by atoms with Crippen molar-refractivity contribution in [3.8, 4) is 5.69 Å². The molecular formula is C26H38N8O3. The van der Waals surface area contributed by atoms with Crippen molar-refractivity contribution in [3.05, 3.63) is 52.6 Å². The van der Waals surface area contributed by atoms with E-state index >= 15 is 0 Å². The molecule has 2 saturated heterocycles. The van der Waals surface area contributed by atoms with Gasteiger partial charge in [0.15, 0.2) is 0 Å². The highest BCUT2D eigenvalue weighted by molar-refractivity contribution is 5.89. The van der Waals surface area contributed by atoms with E-state index in [-0.39, 0.29) is 17.8 Å². The van der Waals surface area contributed by atoms with Crippen LogP contribution in [0.15, 0.2) is 41.3 Å². The monoisotopic (exact) mass is 510 g/mol. The van der Waals surface area contributed by atoms with Crippen molar-refractivity contribution in [2.45, 2.75) is 44.8 Å². The predicted octanol–water partition coefficient (Wildman–Crippen LogP) is 0.830. The second-order valence-electron chi connectivity index (χ2n) is 10.3. The molecule has 2 fully saturated rings. The molecule has 2 aliphatic heterocycles. The van der Waals surface area contributed by atoms with E-state index in [4.69, 9.17) is 5.73 Å². The molecule has 11 heteroatoms. The number of anilines is 1. The number of piperidine rings is 1. The summed E-state index contributed by atoms with van der Waals surface area (Å²) in [6, 6.07) is 9.43. The van der Waals surface area contributed by atoms with Gasteiger partial charge in [-0.2, -0.15) is 4.98 Å². The zero-order chi connectivity index (χ0) is 26.6. The van der Waals surface area contributed by atoms with Gasteiger partial charge < -0.3 is 20.9 Å². The lowest BCUT2D eigenvalue weighted by Crippen LogP contribution is -2.58. The van der Waals surface area contributed by atoms with Crippen LogP contribution in [0.5, 0.6) is 0 Å². The standard InChI is InChI=1S/C26H38N8O3/c1-26(2,28-3)23(35)32-14-16-33(17-15-32)24(36)29-22-10-13-34(25(37)30-22)21-6-4-19(5-7-21)18-31-11-8-20(27)9-12-31/h4-7,10,13,20,28H,8-9,11-12,14-18,27H2,1-3H3,(H,29,30,36,37). The van der Waals surface area contributed by atoms with E-state index in [1.807, 2.05) is 38.1 Å². The summed E-state index contributed by atoms with van der Waals surface area (Å²) in [4.78, 5) is 47.8. The van der Waals surface area contributed by atoms with Crippen LogP contribution in [0.1, 0.15) is 32.3 Å². The minimum atomic E-state index is -0.652. The van der Waals surface area contributed by atoms with Crippen LogP contribution in [-0.4, -0.2) is 94.1 Å². The number of nitrogens with two attached hydrogens (primary N) is 1. The Morgan fingerprint density at radius 1 is 1.00 bits per heavy atom. The average molecular weight is 511 g/mol. The van der Waals surface area contributed by atoms with Gasteiger partial charge in [0.1, 0.15) is 5.82 Å². The molecule has 0 atom stereocenters. The molecule has 4 rings (SSSR count). The molecule has 0 unspecified atom stereocenters. The lowest BCUT2D eigenvalue weighted by atomic mass is 10.0. The molecule has 0 saturated carbocycles. The highest BCUT2D eigenvalue weighted by atomic mass is 16.2. The SMILES string of the molecule is CNC(C)(C)C(=O)N1CCN(C(=O)Nc2ccn(-c3ccc(CN4CCC(N)CC4)cc3)c(=O)n2)CC1. The van der Waals surface area contributed by atoms with Gasteiger partial charge in [-0.1, -0.05) is 12.1 Å². The summed E-state index contributed by atoms with van der Waals surface area (Å²) in [7, 11) is 1.75. The van der Waals surface area contributed by atoms with Gasteiger partial charge >= 0.3 is 11.7 Å². The summed E-state index contributed by atoms with van der Waals surface area (Å²) >= 11 is 0. The van der Waals surface area contributed by atoms with Crippen molar-refractivity contribution in [2.24, 2.45) is 5.73 Å². The second kappa shape index (κ2) is 11.4. The number of nitrogens with zero attached hydrogens (tertiary/aromatic N) is 5. The van der Waals surface area contributed by atoms with E-state index < -0.39 is 11.2 Å². The number of nitrogens with one attached hydrogen (secondary N) is 2. The minimum absolute atomic E-state index is 0.00426. The van der Waals surface area contributed by atoms with Crippen LogP contribution in [0.25, 0.3) is 5.69 Å². The average Bonchev–Trinajstić information content (AvgIpc) is 2.90. The Bertz CT molecular complexity index is 1150. The van der Waals surface area contributed by atoms with Crippen LogP contribution in [-0.2, 0) is 11.3 Å². The van der Waals surface area contributed by atoms with Crippen LogP contribution in [0.2, 0.25) is 0 Å². The highest BCUT2D eigenvalue weighted by Crippen LogP contribution is 2.15. The third kappa shape index (κ3) is 6.54. The molecule has 0 bridgehead atoms. The molecule has 37 heavy (non-hydrogen) atoms. The third-order valence-electron chi connectivity index (χ3n) is 7.31. The van der Waals surface area contributed by atoms with Crippen molar-refractivity contribution >= 4 is 17.8 Å². The number of hydrogen-bond acceptors (Lipinski definition) is 7. The number of likely N-dealkylation sites (N-methyl/N-ethyl adjacent to an activating group) is 1. The largest absolute Gasteiger partial charge is 0.354 e. The summed E-state index contributed by atoms with van der Waals surface area (Å²) < 4.78 is 1.45. The zero-order valence-corrected chi connectivity index (χ0v) is 21.9. The van der Waals surface area contributed by atoms with Crippen molar-refractivity contribution in [2.75, 3.05) is 51.6 Å². The third-order valence-corrected chi connectivity index (χ3v) is 7.31. The molecule has 11 nitrogen and oxygen atoms in total. The van der Waals surface area contributed by atoms with Crippen LogP contribution in [0, 0.1) is 0 Å². The highest BCUT2D eigenvalue weighted by Gasteiger charge is 2.33. The summed E-state index contributed by atoms with van der Waals surface area (Å²) in [5.41, 5.74) is 6.76. The van der Waals surface area contributed by atoms with E-state index in [9.17, 15) is 14.4 Å². The predicted molar refractivity (Wildman–Crippen MR) is 143 cm³/mol. The van der Waals surface area contributed by atoms with Crippen LogP contribution < -0.4 is 22.1 Å². The lowest BCUT2D eigenvalue weighted by Gasteiger charge is -2.38. The normalized spacial score (nSPS) is 17.6. The fourth-order valence-corrected chi connectivity index (χ4v) is 4.60. The van der Waals surface area contributed by atoms with Gasteiger partial charge in [-0.05, 0) is 70.6 Å². The number of urea groups is 1. The lowest BCUT2D eigenvalue weighted by molar-refractivity contribution is -0.138. The van der Waals surface area contributed by atoms with Gasteiger partial charge in [0, 0.05) is 45.0 Å². The van der Waals surface area contributed by atoms with Crippen molar-refractivity contribution in [3.63, 3.8) is 0 Å². The number of benzene rings is 1. The van der Waals surface area contributed by atoms with Gasteiger partial charge in [0.05, 0.1) is 11.2 Å². The van der Waals surface area contributed by atoms with E-state index in [2.05, 4.69) is 20.5 Å². The fraction of sp³-hybridized carbons (Fsp3) is 0.538. The first-order chi connectivity index (χ1) is 17.7. The number of amides is 3. The number of piperazine rings is 1. The maximum atomic E-state index is 12.7. The summed E-state index contributed by atoms with van der Waals surface area (Å²) in [6.07, 6.45) is 3.66. The maximum absolute atomic E-state index is 12.7. The number of hydrogen-bond donors (Lipinski definition) is 3. The van der Waals surface area contributed by atoms with E-state index in [1.54, 1.807) is 29.1 Å². The number of rotatable bonds is 6. The van der Waals surface area contributed by atoms with E-state index in [1.165, 1.54) is 10.1 Å². The molecule has 1 aromatic heterocycles. The van der Waals surface area contributed by atoms with Crippen LogP contribution >= 0.6 is 0 Å². The molecule has 1 aromatic carbocycles. The topological polar surface area (TPSA) is 129 Å². The number of carbonyl (C=O) groups excluding carboxylic acids is 2. The number of aromatic nitrogens is 2. The molecule has 0 aliphatic carbocycles. The summed E-state index contributed by atoms with van der Waals surface area (Å²) in [5, 5.41) is 5.72. The Balaban J connectivity index is 1.31. The molecule has 0 radical (unpaired) electrons. The molecular weight excluding hydrogens is 472 g/mol. The van der Waals surface area contributed by atoms with Gasteiger partial charge in [0.2, 0.25) is 5.91 Å². The second-order valence-corrected chi connectivity index (χ2v) is 10.3. The Kier molecular flexibility index (Phi) is 8.25. The molecule has 4 N–H and O–H groups in total. The first-order valence-electron chi connectivity index (χ1n) is 12.9. The van der Waals surface area contributed by atoms with Crippen LogP contribution in [0.4, 0.5) is 10.6 Å². The Morgan fingerprint density at radius 3 is 2.22 bits per heavy atom. The van der Waals surface area contributed by atoms with Gasteiger partial charge in [0.25, 0.3) is 0 Å². The molecule has 0 spiro atoms. The van der Waals surface area contributed by atoms with Crippen LogP contribution in [0.3, 0.4) is 0 Å². The van der Waals surface area contributed by atoms with Gasteiger partial charge in [-0.3, -0.25) is 19.6 Å². The molecule has 2 aromatic rings. The molecule has 3 amide bonds. The molecule has 200 valence electrons. The quantitative estimate of drug-likeness (QED) is 0.525. The van der Waals surface area contributed by atoms with Crippen molar-refractivity contribution in [1.82, 2.24) is 29.6 Å². The van der Waals surface area contributed by atoms with E-state index in [0.717, 1.165) is 32.5 Å². The number of likely N-dealkylation sites (tertiary alicyclic amines) is 1. The van der Waals surface area contributed by atoms with Gasteiger partial charge in [-0.25, -0.2) is 9.59 Å². The molecule has 3 heterocycles. The first kappa shape index (κ1) is 26.8. The zero-order valence-electron chi connectivity index (χ0n) is 21.9. The maximum Gasteiger partial charge on any atom is 0.354 e. The Hall–Kier alpha value is -3.28. The van der Waals surface area contributed by atoms with E-state index in [0.29, 0.717) is 37.9 Å². The first-order valence-corrected chi connectivity index (χ1v) is 12.9. The Morgan fingerprint density at radius 2 is 1.62 bits per heavy atom. The summed E-state index contributed by atoms with van der Waals surface area (Å²) in [5.74, 6) is 0.200. The smallest absolute Gasteiger partial charge is 0.338 e. The molecule has 2 aliphatic rings. The summed E-state index contributed by atoms with van der Waals surface area (Å²) in [6.45, 7) is 8.26. The number of carbonyl (C=O) groups is 2.